The molecule has 0 spiro atoms. The molecule has 134 valence electrons. The van der Waals surface area contributed by atoms with Crippen LogP contribution in [0.1, 0.15) is 35.5 Å². The van der Waals surface area contributed by atoms with Crippen LogP contribution in [0.2, 0.25) is 5.02 Å². The molecule has 2 aromatic heterocycles. The maximum atomic E-state index is 11.2. The molecule has 1 atom stereocenters. The monoisotopic (exact) mass is 379 g/mol. The van der Waals surface area contributed by atoms with Crippen LogP contribution in [-0.2, 0) is 4.79 Å². The Labute approximate surface area is 156 Å². The van der Waals surface area contributed by atoms with Crippen LogP contribution in [0.4, 0.5) is 0 Å². The Morgan fingerprint density at radius 2 is 2.36 bits per heavy atom. The molecule has 1 aliphatic heterocycles. The van der Waals surface area contributed by atoms with E-state index >= 15 is 0 Å². The molecule has 4 nitrogen and oxygen atoms in total. The van der Waals surface area contributed by atoms with Gasteiger partial charge in [0.2, 0.25) is 0 Å². The fraction of sp³-hybridized carbons (Fsp3) is 0.421. The largest absolute Gasteiger partial charge is 0.481 e. The van der Waals surface area contributed by atoms with E-state index in [0.29, 0.717) is 6.54 Å². The van der Waals surface area contributed by atoms with Crippen LogP contribution in [0, 0.1) is 12.8 Å². The van der Waals surface area contributed by atoms with Gasteiger partial charge >= 0.3 is 5.97 Å². The van der Waals surface area contributed by atoms with Gasteiger partial charge in [-0.2, -0.15) is 0 Å². The molecule has 0 radical (unpaired) electrons. The second-order valence-corrected chi connectivity index (χ2v) is 7.74. The first-order valence-corrected chi connectivity index (χ1v) is 9.75. The van der Waals surface area contributed by atoms with Gasteiger partial charge in [-0.15, -0.1) is 11.3 Å². The molecule has 0 aliphatic carbocycles. The predicted molar refractivity (Wildman–Crippen MR) is 101 cm³/mol. The predicted octanol–water partition coefficient (Wildman–Crippen LogP) is 4.92. The third kappa shape index (κ3) is 4.35. The second-order valence-electron chi connectivity index (χ2n) is 6.41. The normalized spacial score (nSPS) is 19.3. The fourth-order valence-electron chi connectivity index (χ4n) is 3.27. The number of carbonyl (C=O) groups is 1. The first kappa shape index (κ1) is 18.2. The number of carboxylic acids is 1. The lowest BCUT2D eigenvalue weighted by Crippen LogP contribution is -2.39. The van der Waals surface area contributed by atoms with E-state index < -0.39 is 5.97 Å². The zero-order valence-electron chi connectivity index (χ0n) is 14.2. The van der Waals surface area contributed by atoms with Crippen LogP contribution < -0.4 is 0 Å². The molecule has 2 aromatic rings. The van der Waals surface area contributed by atoms with E-state index in [1.807, 2.05) is 24.4 Å². The van der Waals surface area contributed by atoms with Crippen molar-refractivity contribution >= 4 is 34.5 Å². The van der Waals surface area contributed by atoms with Gasteiger partial charge < -0.3 is 14.4 Å². The van der Waals surface area contributed by atoms with Crippen LogP contribution in [0.25, 0.3) is 5.57 Å². The number of carboxylic acid groups (broad SMARTS) is 1. The van der Waals surface area contributed by atoms with Gasteiger partial charge in [-0.3, -0.25) is 4.79 Å². The minimum absolute atomic E-state index is 0.240. The maximum Gasteiger partial charge on any atom is 0.307 e. The minimum atomic E-state index is -0.683. The van der Waals surface area contributed by atoms with Crippen LogP contribution >= 0.6 is 22.9 Å². The molecular weight excluding hydrogens is 358 g/mol. The first-order chi connectivity index (χ1) is 12.1. The van der Waals surface area contributed by atoms with Crippen molar-refractivity contribution < 1.29 is 14.3 Å². The van der Waals surface area contributed by atoms with Crippen molar-refractivity contribution in [1.82, 2.24) is 4.90 Å². The van der Waals surface area contributed by atoms with Crippen molar-refractivity contribution in [2.75, 3.05) is 19.6 Å². The highest BCUT2D eigenvalue weighted by Crippen LogP contribution is 2.35. The lowest BCUT2D eigenvalue weighted by Gasteiger charge is -2.30. The van der Waals surface area contributed by atoms with Gasteiger partial charge in [0.25, 0.3) is 0 Å². The summed E-state index contributed by atoms with van der Waals surface area (Å²) in [6.07, 6.45) is 6.41. The number of piperidine rings is 1. The zero-order chi connectivity index (χ0) is 17.8. The number of aliphatic carboxylic acids is 1. The molecule has 25 heavy (non-hydrogen) atoms. The molecule has 0 aromatic carbocycles. The molecule has 1 N–H and O–H groups in total. The molecule has 0 amide bonds. The Balaban J connectivity index is 1.73. The summed E-state index contributed by atoms with van der Waals surface area (Å²) in [7, 11) is 0. The van der Waals surface area contributed by atoms with Crippen molar-refractivity contribution in [3.8, 4) is 0 Å². The van der Waals surface area contributed by atoms with Crippen molar-refractivity contribution in [1.29, 1.82) is 0 Å². The van der Waals surface area contributed by atoms with E-state index in [0.717, 1.165) is 59.1 Å². The third-order valence-corrected chi connectivity index (χ3v) is 5.99. The topological polar surface area (TPSA) is 53.7 Å². The highest BCUT2D eigenvalue weighted by Gasteiger charge is 2.25. The number of rotatable bonds is 6. The highest BCUT2D eigenvalue weighted by atomic mass is 35.5. The molecule has 1 fully saturated rings. The Morgan fingerprint density at radius 3 is 3.00 bits per heavy atom. The fourth-order valence-corrected chi connectivity index (χ4v) is 4.47. The molecule has 1 aliphatic rings. The van der Waals surface area contributed by atoms with Gasteiger partial charge in [0.15, 0.2) is 0 Å². The van der Waals surface area contributed by atoms with E-state index in [1.165, 1.54) is 0 Å². The number of hydrogen-bond donors (Lipinski definition) is 1. The van der Waals surface area contributed by atoms with E-state index in [2.05, 4.69) is 11.0 Å². The van der Waals surface area contributed by atoms with Crippen molar-refractivity contribution in [2.24, 2.45) is 5.92 Å². The van der Waals surface area contributed by atoms with Crippen LogP contribution in [0.5, 0.6) is 0 Å². The van der Waals surface area contributed by atoms with Gasteiger partial charge in [-0.1, -0.05) is 17.7 Å². The Morgan fingerprint density at radius 1 is 1.52 bits per heavy atom. The SMILES string of the molecule is Cc1ccoc1/C(=C\CCN1CCCC(C(=O)O)C1)c1sccc1Cl. The van der Waals surface area contributed by atoms with Crippen molar-refractivity contribution in [2.45, 2.75) is 26.2 Å². The summed E-state index contributed by atoms with van der Waals surface area (Å²) >= 11 is 7.94. The molecule has 3 rings (SSSR count). The van der Waals surface area contributed by atoms with E-state index in [-0.39, 0.29) is 5.92 Å². The number of furan rings is 1. The number of hydrogen-bond acceptors (Lipinski definition) is 4. The van der Waals surface area contributed by atoms with Gasteiger partial charge in [0, 0.05) is 18.7 Å². The summed E-state index contributed by atoms with van der Waals surface area (Å²) in [5, 5.41) is 11.9. The van der Waals surface area contributed by atoms with Gasteiger partial charge in [-0.25, -0.2) is 0 Å². The Kier molecular flexibility index (Phi) is 5.99. The molecule has 0 bridgehead atoms. The maximum absolute atomic E-state index is 11.2. The number of thiophene rings is 1. The lowest BCUT2D eigenvalue weighted by molar-refractivity contribution is -0.143. The van der Waals surface area contributed by atoms with Crippen LogP contribution in [0.15, 0.2) is 34.3 Å². The number of nitrogens with zero attached hydrogens (tertiary/aromatic N) is 1. The summed E-state index contributed by atoms with van der Waals surface area (Å²) in [5.74, 6) is -0.0693. The van der Waals surface area contributed by atoms with Crippen molar-refractivity contribution in [3.05, 3.63) is 51.1 Å². The van der Waals surface area contributed by atoms with E-state index in [4.69, 9.17) is 16.0 Å². The molecule has 6 heteroatoms. The lowest BCUT2D eigenvalue weighted by atomic mass is 9.98. The van der Waals surface area contributed by atoms with Gasteiger partial charge in [-0.05, 0) is 55.8 Å². The van der Waals surface area contributed by atoms with Crippen LogP contribution in [0.3, 0.4) is 0 Å². The zero-order valence-corrected chi connectivity index (χ0v) is 15.8. The number of likely N-dealkylation sites (tertiary alicyclic amines) is 1. The molecule has 3 heterocycles. The first-order valence-electron chi connectivity index (χ1n) is 8.49. The molecule has 1 saturated heterocycles. The second kappa shape index (κ2) is 8.21. The standard InChI is InChI=1S/C19H22ClNO3S/c1-13-6-10-24-17(13)15(18-16(20)7-11-25-18)5-3-9-21-8-2-4-14(12-21)19(22)23/h5-7,10-11,14H,2-4,8-9,12H2,1H3,(H,22,23)/b15-5+. The summed E-state index contributed by atoms with van der Waals surface area (Å²) in [4.78, 5) is 14.5. The van der Waals surface area contributed by atoms with Crippen molar-refractivity contribution in [3.63, 3.8) is 0 Å². The number of halogens is 1. The Hall–Kier alpha value is -1.56. The summed E-state index contributed by atoms with van der Waals surface area (Å²) in [6, 6.07) is 3.85. The third-order valence-electron chi connectivity index (χ3n) is 4.62. The average molecular weight is 380 g/mol. The number of aryl methyl sites for hydroxylation is 1. The highest BCUT2D eigenvalue weighted by molar-refractivity contribution is 7.11. The minimum Gasteiger partial charge on any atom is -0.481 e. The van der Waals surface area contributed by atoms with Gasteiger partial charge in [0.1, 0.15) is 5.76 Å². The van der Waals surface area contributed by atoms with E-state index in [9.17, 15) is 9.90 Å². The molecular formula is C19H22ClNO3S. The summed E-state index contributed by atoms with van der Waals surface area (Å²) < 4.78 is 5.68. The molecule has 1 unspecified atom stereocenters. The smallest absolute Gasteiger partial charge is 0.307 e. The summed E-state index contributed by atoms with van der Waals surface area (Å²) in [5.41, 5.74) is 2.11. The molecule has 0 saturated carbocycles. The average Bonchev–Trinajstić information content (AvgIpc) is 3.21. The quantitative estimate of drug-likeness (QED) is 0.773. The summed E-state index contributed by atoms with van der Waals surface area (Å²) in [6.45, 7) is 4.47. The Bertz CT molecular complexity index is 722. The van der Waals surface area contributed by atoms with E-state index in [1.54, 1.807) is 17.6 Å². The van der Waals surface area contributed by atoms with Gasteiger partial charge in [0.05, 0.1) is 22.1 Å². The van der Waals surface area contributed by atoms with Crippen LogP contribution in [-0.4, -0.2) is 35.6 Å².